The average molecular weight is 341 g/mol. The van der Waals surface area contributed by atoms with E-state index in [1.807, 2.05) is 36.2 Å². The van der Waals surface area contributed by atoms with Crippen LogP contribution in [0.2, 0.25) is 0 Å². The second kappa shape index (κ2) is 8.73. The number of anilines is 1. The Bertz CT molecular complexity index is 755. The molecule has 25 heavy (non-hydrogen) atoms. The molecule has 2 aromatic rings. The highest BCUT2D eigenvalue weighted by Gasteiger charge is 2.05. The van der Waals surface area contributed by atoms with Crippen molar-refractivity contribution in [3.05, 3.63) is 66.5 Å². The van der Waals surface area contributed by atoms with Crippen LogP contribution in [0.5, 0.6) is 0 Å². The molecule has 0 radical (unpaired) electrons. The van der Waals surface area contributed by atoms with Crippen LogP contribution in [0.3, 0.4) is 0 Å². The van der Waals surface area contributed by atoms with Crippen LogP contribution < -0.4 is 4.90 Å². The summed E-state index contributed by atoms with van der Waals surface area (Å²) in [6.45, 7) is 6.01. The maximum Gasteiger partial charge on any atom is 0.333 e. The number of nitrogens with zero attached hydrogens (tertiary/aromatic N) is 3. The number of hydrogen-bond donors (Lipinski definition) is 0. The summed E-state index contributed by atoms with van der Waals surface area (Å²) in [7, 11) is 1.91. The minimum Gasteiger partial charge on any atom is -0.460 e. The first-order valence-corrected chi connectivity index (χ1v) is 7.77. The molecule has 0 unspecified atom stereocenters. The molecule has 6 heteroatoms. The fourth-order valence-corrected chi connectivity index (χ4v) is 1.92. The first-order valence-electron chi connectivity index (χ1n) is 7.77. The van der Waals surface area contributed by atoms with Crippen LogP contribution in [0.25, 0.3) is 0 Å². The zero-order chi connectivity index (χ0) is 18.2. The molecule has 0 saturated heterocycles. The van der Waals surface area contributed by atoms with E-state index in [0.29, 0.717) is 23.5 Å². The van der Waals surface area contributed by atoms with Crippen molar-refractivity contribution in [3.8, 4) is 0 Å². The Morgan fingerprint density at radius 3 is 2.12 bits per heavy atom. The minimum atomic E-state index is -0.384. The normalized spacial score (nSPS) is 10.7. The third kappa shape index (κ3) is 5.84. The molecule has 0 bridgehead atoms. The van der Waals surface area contributed by atoms with Crippen LogP contribution in [0.4, 0.5) is 21.5 Å². The van der Waals surface area contributed by atoms with Gasteiger partial charge in [-0.25, -0.2) is 9.18 Å². The smallest absolute Gasteiger partial charge is 0.333 e. The second-order valence-electron chi connectivity index (χ2n) is 5.53. The van der Waals surface area contributed by atoms with E-state index in [9.17, 15) is 9.18 Å². The molecule has 0 heterocycles. The Morgan fingerprint density at radius 1 is 1.08 bits per heavy atom. The van der Waals surface area contributed by atoms with Crippen molar-refractivity contribution < 1.29 is 13.9 Å². The molecule has 130 valence electrons. The number of azo groups is 1. The summed E-state index contributed by atoms with van der Waals surface area (Å²) < 4.78 is 17.9. The van der Waals surface area contributed by atoms with E-state index in [4.69, 9.17) is 4.74 Å². The summed E-state index contributed by atoms with van der Waals surface area (Å²) in [5.41, 5.74) is 2.63. The highest BCUT2D eigenvalue weighted by atomic mass is 19.1. The molecule has 0 atom stereocenters. The Kier molecular flexibility index (Phi) is 6.39. The van der Waals surface area contributed by atoms with E-state index < -0.39 is 0 Å². The van der Waals surface area contributed by atoms with Gasteiger partial charge in [-0.1, -0.05) is 6.58 Å². The molecule has 0 aliphatic heterocycles. The van der Waals surface area contributed by atoms with Gasteiger partial charge in [-0.15, -0.1) is 0 Å². The number of halogens is 1. The van der Waals surface area contributed by atoms with E-state index in [1.165, 1.54) is 12.1 Å². The summed E-state index contributed by atoms with van der Waals surface area (Å²) in [5, 5.41) is 8.17. The Balaban J connectivity index is 1.89. The number of rotatable bonds is 7. The lowest BCUT2D eigenvalue weighted by Crippen LogP contribution is -2.23. The van der Waals surface area contributed by atoms with Gasteiger partial charge in [0.2, 0.25) is 0 Å². The molecule has 0 spiro atoms. The topological polar surface area (TPSA) is 54.3 Å². The highest BCUT2D eigenvalue weighted by molar-refractivity contribution is 5.86. The molecular weight excluding hydrogens is 321 g/mol. The van der Waals surface area contributed by atoms with Crippen LogP contribution in [-0.4, -0.2) is 26.2 Å². The lowest BCUT2D eigenvalue weighted by Gasteiger charge is -2.19. The molecule has 2 aromatic carbocycles. The van der Waals surface area contributed by atoms with Gasteiger partial charge in [-0.2, -0.15) is 10.2 Å². The highest BCUT2D eigenvalue weighted by Crippen LogP contribution is 2.21. The van der Waals surface area contributed by atoms with Crippen LogP contribution in [0, 0.1) is 5.82 Å². The van der Waals surface area contributed by atoms with Crippen LogP contribution in [0.15, 0.2) is 70.9 Å². The number of esters is 1. The Hall–Kier alpha value is -3.02. The molecule has 0 saturated carbocycles. The SMILES string of the molecule is C=C(C)C(=O)OCCN(C)c1ccc(N=Nc2ccc(F)cc2)cc1. The van der Waals surface area contributed by atoms with Gasteiger partial charge in [0.1, 0.15) is 12.4 Å². The maximum atomic E-state index is 12.8. The van der Waals surface area contributed by atoms with Crippen molar-refractivity contribution in [1.82, 2.24) is 0 Å². The quantitative estimate of drug-likeness (QED) is 0.413. The number of benzene rings is 2. The molecule has 0 aliphatic carbocycles. The van der Waals surface area contributed by atoms with Gasteiger partial charge < -0.3 is 9.64 Å². The first kappa shape index (κ1) is 18.3. The third-order valence-corrected chi connectivity index (χ3v) is 3.41. The molecule has 0 amide bonds. The monoisotopic (exact) mass is 341 g/mol. The number of ether oxygens (including phenoxy) is 1. The van der Waals surface area contributed by atoms with E-state index in [0.717, 1.165) is 5.69 Å². The van der Waals surface area contributed by atoms with E-state index in [1.54, 1.807) is 19.1 Å². The van der Waals surface area contributed by atoms with Gasteiger partial charge >= 0.3 is 5.97 Å². The Labute approximate surface area is 146 Å². The van der Waals surface area contributed by atoms with Crippen LogP contribution in [-0.2, 0) is 9.53 Å². The first-order chi connectivity index (χ1) is 12.0. The molecule has 2 rings (SSSR count). The van der Waals surface area contributed by atoms with Crippen molar-refractivity contribution in [2.24, 2.45) is 10.2 Å². The fraction of sp³-hybridized carbons (Fsp3) is 0.211. The lowest BCUT2D eigenvalue weighted by molar-refractivity contribution is -0.138. The van der Waals surface area contributed by atoms with Gasteiger partial charge in [0.05, 0.1) is 17.9 Å². The van der Waals surface area contributed by atoms with Crippen molar-refractivity contribution in [3.63, 3.8) is 0 Å². The van der Waals surface area contributed by atoms with E-state index in [-0.39, 0.29) is 18.4 Å². The molecule has 0 N–H and O–H groups in total. The predicted octanol–water partition coefficient (Wildman–Crippen LogP) is 4.80. The fourth-order valence-electron chi connectivity index (χ4n) is 1.92. The average Bonchev–Trinajstić information content (AvgIpc) is 2.61. The van der Waals surface area contributed by atoms with Crippen molar-refractivity contribution in [2.75, 3.05) is 25.1 Å². The summed E-state index contributed by atoms with van der Waals surface area (Å²) in [4.78, 5) is 13.3. The van der Waals surface area contributed by atoms with Crippen molar-refractivity contribution in [1.29, 1.82) is 0 Å². The van der Waals surface area contributed by atoms with Gasteiger partial charge in [-0.05, 0) is 55.5 Å². The standard InChI is InChI=1S/C19H20FN3O2/c1-14(2)19(24)25-13-12-23(3)18-10-8-17(9-11-18)22-21-16-6-4-15(20)5-7-16/h4-11H,1,12-13H2,2-3H3. The number of likely N-dealkylation sites (N-methyl/N-ethyl adjacent to an activating group) is 1. The van der Waals surface area contributed by atoms with Crippen LogP contribution in [0.1, 0.15) is 6.92 Å². The molecule has 0 fully saturated rings. The number of carbonyl (C=O) groups is 1. The maximum absolute atomic E-state index is 12.8. The van der Waals surface area contributed by atoms with Gasteiger partial charge in [0.25, 0.3) is 0 Å². The van der Waals surface area contributed by atoms with Gasteiger partial charge in [0.15, 0.2) is 0 Å². The number of hydrogen-bond acceptors (Lipinski definition) is 5. The van der Waals surface area contributed by atoms with Crippen molar-refractivity contribution >= 4 is 23.0 Å². The van der Waals surface area contributed by atoms with Crippen LogP contribution >= 0.6 is 0 Å². The molecular formula is C19H20FN3O2. The van der Waals surface area contributed by atoms with E-state index in [2.05, 4.69) is 16.8 Å². The second-order valence-corrected chi connectivity index (χ2v) is 5.53. The molecule has 0 aliphatic rings. The van der Waals surface area contributed by atoms with Gasteiger partial charge in [0, 0.05) is 18.3 Å². The molecule has 0 aromatic heterocycles. The lowest BCUT2D eigenvalue weighted by atomic mass is 10.2. The predicted molar refractivity (Wildman–Crippen MR) is 96.1 cm³/mol. The third-order valence-electron chi connectivity index (χ3n) is 3.41. The zero-order valence-corrected chi connectivity index (χ0v) is 14.3. The van der Waals surface area contributed by atoms with E-state index >= 15 is 0 Å². The molecule has 5 nitrogen and oxygen atoms in total. The zero-order valence-electron chi connectivity index (χ0n) is 14.3. The summed E-state index contributed by atoms with van der Waals surface area (Å²) in [6.07, 6.45) is 0. The summed E-state index contributed by atoms with van der Waals surface area (Å²) >= 11 is 0. The van der Waals surface area contributed by atoms with Crippen molar-refractivity contribution in [2.45, 2.75) is 6.92 Å². The number of carbonyl (C=O) groups excluding carboxylic acids is 1. The minimum absolute atomic E-state index is 0.286. The van der Waals surface area contributed by atoms with Gasteiger partial charge in [-0.3, -0.25) is 0 Å². The summed E-state index contributed by atoms with van der Waals surface area (Å²) in [5.74, 6) is -0.690. The Morgan fingerprint density at radius 2 is 1.60 bits per heavy atom. The largest absolute Gasteiger partial charge is 0.460 e. The summed E-state index contributed by atoms with van der Waals surface area (Å²) in [6, 6.07) is 13.3.